The van der Waals surface area contributed by atoms with E-state index < -0.39 is 17.2 Å². The SMILES string of the molecule is O=C(NCC1NCCc2ccccc21)C1(c2cccc(C(F)(F)F)c2)CC1. The number of carbonyl (C=O) groups excluding carboxylic acids is 1. The van der Waals surface area contributed by atoms with Crippen LogP contribution in [0, 0.1) is 0 Å². The van der Waals surface area contributed by atoms with E-state index >= 15 is 0 Å². The number of halogens is 3. The summed E-state index contributed by atoms with van der Waals surface area (Å²) < 4.78 is 39.0. The van der Waals surface area contributed by atoms with Crippen molar-refractivity contribution < 1.29 is 18.0 Å². The first-order chi connectivity index (χ1) is 12.9. The van der Waals surface area contributed by atoms with Crippen LogP contribution in [-0.2, 0) is 22.8 Å². The molecular formula is C21H21F3N2O. The van der Waals surface area contributed by atoms with Gasteiger partial charge >= 0.3 is 6.18 Å². The number of alkyl halides is 3. The average Bonchev–Trinajstić information content (AvgIpc) is 3.47. The van der Waals surface area contributed by atoms with Crippen LogP contribution in [0.1, 0.15) is 41.1 Å². The Kier molecular flexibility index (Phi) is 4.46. The molecule has 0 spiro atoms. The molecule has 2 aromatic carbocycles. The van der Waals surface area contributed by atoms with Gasteiger partial charge in [0, 0.05) is 12.6 Å². The van der Waals surface area contributed by atoms with Crippen molar-refractivity contribution in [3.63, 3.8) is 0 Å². The zero-order valence-electron chi connectivity index (χ0n) is 14.8. The molecule has 1 aliphatic carbocycles. The number of benzene rings is 2. The number of hydrogen-bond acceptors (Lipinski definition) is 2. The molecule has 3 nitrogen and oxygen atoms in total. The van der Waals surface area contributed by atoms with Crippen LogP contribution >= 0.6 is 0 Å². The standard InChI is InChI=1S/C21H21F3N2O/c22-21(23,24)16-6-3-5-15(12-16)20(9-10-20)19(27)26-13-18-17-7-2-1-4-14(17)8-11-25-18/h1-7,12,18,25H,8-11,13H2,(H,26,27). The predicted octanol–water partition coefficient (Wildman–Crippen LogP) is 3.74. The molecule has 0 radical (unpaired) electrons. The molecule has 0 aromatic heterocycles. The van der Waals surface area contributed by atoms with E-state index in [1.165, 1.54) is 17.2 Å². The van der Waals surface area contributed by atoms with E-state index in [1.807, 2.05) is 12.1 Å². The van der Waals surface area contributed by atoms with Gasteiger partial charge < -0.3 is 10.6 Å². The molecule has 1 unspecified atom stereocenters. The summed E-state index contributed by atoms with van der Waals surface area (Å²) in [5.74, 6) is -0.188. The number of nitrogens with one attached hydrogen (secondary N) is 2. The Labute approximate surface area is 156 Å². The van der Waals surface area contributed by atoms with Crippen molar-refractivity contribution >= 4 is 5.91 Å². The zero-order chi connectivity index (χ0) is 19.1. The number of hydrogen-bond donors (Lipinski definition) is 2. The highest BCUT2D eigenvalue weighted by molar-refractivity contribution is 5.91. The second-order valence-corrected chi connectivity index (χ2v) is 7.33. The van der Waals surface area contributed by atoms with E-state index in [9.17, 15) is 18.0 Å². The molecule has 2 aromatic rings. The van der Waals surface area contributed by atoms with Gasteiger partial charge in [0.25, 0.3) is 0 Å². The lowest BCUT2D eigenvalue weighted by Crippen LogP contribution is -2.42. The summed E-state index contributed by atoms with van der Waals surface area (Å²) in [4.78, 5) is 12.8. The van der Waals surface area contributed by atoms with Gasteiger partial charge in [-0.25, -0.2) is 0 Å². The number of amides is 1. The van der Waals surface area contributed by atoms with Gasteiger partial charge in [0.1, 0.15) is 0 Å². The zero-order valence-corrected chi connectivity index (χ0v) is 14.8. The monoisotopic (exact) mass is 374 g/mol. The third kappa shape index (κ3) is 3.46. The van der Waals surface area contributed by atoms with E-state index in [2.05, 4.69) is 22.8 Å². The molecule has 1 amide bonds. The third-order valence-electron chi connectivity index (χ3n) is 5.61. The lowest BCUT2D eigenvalue weighted by atomic mass is 9.92. The molecule has 1 aliphatic heterocycles. The molecule has 2 N–H and O–H groups in total. The molecule has 4 rings (SSSR count). The van der Waals surface area contributed by atoms with E-state index in [-0.39, 0.29) is 11.9 Å². The summed E-state index contributed by atoms with van der Waals surface area (Å²) >= 11 is 0. The van der Waals surface area contributed by atoms with E-state index in [0.29, 0.717) is 24.9 Å². The van der Waals surface area contributed by atoms with Crippen molar-refractivity contribution in [2.24, 2.45) is 0 Å². The van der Waals surface area contributed by atoms with E-state index in [4.69, 9.17) is 0 Å². The molecule has 1 atom stereocenters. The number of fused-ring (bicyclic) bond motifs is 1. The maximum atomic E-state index is 13.0. The van der Waals surface area contributed by atoms with Gasteiger partial charge in [0.2, 0.25) is 5.91 Å². The highest BCUT2D eigenvalue weighted by Gasteiger charge is 2.51. The van der Waals surface area contributed by atoms with Crippen molar-refractivity contribution in [2.75, 3.05) is 13.1 Å². The Morgan fingerprint density at radius 3 is 2.67 bits per heavy atom. The normalized spacial score (nSPS) is 20.6. The molecule has 6 heteroatoms. The minimum Gasteiger partial charge on any atom is -0.353 e. The number of carbonyl (C=O) groups is 1. The van der Waals surface area contributed by atoms with Crippen molar-refractivity contribution in [1.82, 2.24) is 10.6 Å². The van der Waals surface area contributed by atoms with Gasteiger partial charge in [-0.15, -0.1) is 0 Å². The van der Waals surface area contributed by atoms with Gasteiger partial charge in [0.15, 0.2) is 0 Å². The van der Waals surface area contributed by atoms with Crippen molar-refractivity contribution in [2.45, 2.75) is 36.9 Å². The summed E-state index contributed by atoms with van der Waals surface area (Å²) in [5, 5.41) is 6.38. The van der Waals surface area contributed by atoms with Crippen LogP contribution in [0.4, 0.5) is 13.2 Å². The fourth-order valence-electron chi connectivity index (χ4n) is 3.90. The molecule has 0 bridgehead atoms. The second kappa shape index (κ2) is 6.68. The highest BCUT2D eigenvalue weighted by atomic mass is 19.4. The van der Waals surface area contributed by atoms with Gasteiger partial charge in [0.05, 0.1) is 11.0 Å². The molecule has 27 heavy (non-hydrogen) atoms. The molecule has 1 fully saturated rings. The average molecular weight is 374 g/mol. The Bertz CT molecular complexity index is 859. The van der Waals surface area contributed by atoms with Crippen molar-refractivity contribution in [3.05, 3.63) is 70.8 Å². The van der Waals surface area contributed by atoms with Gasteiger partial charge in [-0.05, 0) is 48.6 Å². The Hall–Kier alpha value is -2.34. The van der Waals surface area contributed by atoms with E-state index in [1.54, 1.807) is 6.07 Å². The Morgan fingerprint density at radius 1 is 1.15 bits per heavy atom. The molecule has 142 valence electrons. The van der Waals surface area contributed by atoms with Crippen LogP contribution in [-0.4, -0.2) is 19.0 Å². The summed E-state index contributed by atoms with van der Waals surface area (Å²) in [7, 11) is 0. The first kappa shape index (κ1) is 18.0. The quantitative estimate of drug-likeness (QED) is 0.856. The molecule has 0 saturated heterocycles. The summed E-state index contributed by atoms with van der Waals surface area (Å²) in [6.45, 7) is 1.27. The lowest BCUT2D eigenvalue weighted by Gasteiger charge is -2.28. The summed E-state index contributed by atoms with van der Waals surface area (Å²) in [6, 6.07) is 13.3. The first-order valence-electron chi connectivity index (χ1n) is 9.17. The minimum absolute atomic E-state index is 0.0243. The van der Waals surface area contributed by atoms with Gasteiger partial charge in [-0.3, -0.25) is 4.79 Å². The number of rotatable bonds is 4. The Morgan fingerprint density at radius 2 is 1.93 bits per heavy atom. The Balaban J connectivity index is 1.48. The molecule has 1 saturated carbocycles. The molecular weight excluding hydrogens is 353 g/mol. The minimum atomic E-state index is -4.40. The smallest absolute Gasteiger partial charge is 0.353 e. The van der Waals surface area contributed by atoms with Crippen molar-refractivity contribution in [1.29, 1.82) is 0 Å². The largest absolute Gasteiger partial charge is 0.416 e. The molecule has 1 heterocycles. The van der Waals surface area contributed by atoms with Crippen LogP contribution in [0.5, 0.6) is 0 Å². The van der Waals surface area contributed by atoms with Crippen LogP contribution in [0.25, 0.3) is 0 Å². The van der Waals surface area contributed by atoms with Crippen LogP contribution in [0.3, 0.4) is 0 Å². The maximum absolute atomic E-state index is 13.0. The molecule has 2 aliphatic rings. The predicted molar refractivity (Wildman–Crippen MR) is 96.3 cm³/mol. The van der Waals surface area contributed by atoms with E-state index in [0.717, 1.165) is 25.1 Å². The van der Waals surface area contributed by atoms with Gasteiger partial charge in [-0.1, -0.05) is 42.5 Å². The van der Waals surface area contributed by atoms with Crippen molar-refractivity contribution in [3.8, 4) is 0 Å². The fraction of sp³-hybridized carbons (Fsp3) is 0.381. The highest BCUT2D eigenvalue weighted by Crippen LogP contribution is 2.49. The fourth-order valence-corrected chi connectivity index (χ4v) is 3.90. The topological polar surface area (TPSA) is 41.1 Å². The van der Waals surface area contributed by atoms with Crippen LogP contribution < -0.4 is 10.6 Å². The second-order valence-electron chi connectivity index (χ2n) is 7.33. The van der Waals surface area contributed by atoms with Gasteiger partial charge in [-0.2, -0.15) is 13.2 Å². The van der Waals surface area contributed by atoms with Crippen LogP contribution in [0.2, 0.25) is 0 Å². The maximum Gasteiger partial charge on any atom is 0.416 e. The third-order valence-corrected chi connectivity index (χ3v) is 5.61. The summed E-state index contributed by atoms with van der Waals surface area (Å²) in [5.41, 5.74) is 1.37. The first-order valence-corrected chi connectivity index (χ1v) is 9.17. The lowest BCUT2D eigenvalue weighted by molar-refractivity contribution is -0.137. The van der Waals surface area contributed by atoms with Crippen LogP contribution in [0.15, 0.2) is 48.5 Å². The summed E-state index contributed by atoms with van der Waals surface area (Å²) in [6.07, 6.45) is -2.29.